The first kappa shape index (κ1) is 20.0. The summed E-state index contributed by atoms with van der Waals surface area (Å²) in [5.74, 6) is 0.722. The van der Waals surface area contributed by atoms with Gasteiger partial charge in [-0.15, -0.1) is 11.3 Å². The summed E-state index contributed by atoms with van der Waals surface area (Å²) >= 11 is 1.77. The first-order chi connectivity index (χ1) is 13.9. The molecule has 7 heteroatoms. The molecular weight excluding hydrogens is 382 g/mol. The van der Waals surface area contributed by atoms with E-state index in [-0.39, 0.29) is 11.9 Å². The molecular formula is C22H29N5OS. The van der Waals surface area contributed by atoms with Gasteiger partial charge in [0.1, 0.15) is 0 Å². The van der Waals surface area contributed by atoms with Crippen LogP contribution in [0.5, 0.6) is 0 Å². The lowest BCUT2D eigenvalue weighted by atomic mass is 9.97. The standard InChI is InChI=1S/C22H29N5OS/c1-14-7-9-27(10-8-14)19(20-6-5-11-29-20)13-23-22(28)18-12-17-16(3)25-26(4)21(17)24-15(18)2/h5-6,11-12,14,19H,7-10,13H2,1-4H3,(H,23,28)/t19-/m0/s1. The highest BCUT2D eigenvalue weighted by Gasteiger charge is 2.26. The predicted octanol–water partition coefficient (Wildman–Crippen LogP) is 3.85. The second-order valence-corrected chi connectivity index (χ2v) is 9.14. The minimum atomic E-state index is -0.0629. The third-order valence-corrected chi connectivity index (χ3v) is 6.99. The molecule has 29 heavy (non-hydrogen) atoms. The van der Waals surface area contributed by atoms with Crippen molar-refractivity contribution in [3.05, 3.63) is 45.4 Å². The van der Waals surface area contributed by atoms with Gasteiger partial charge in [0.15, 0.2) is 5.65 Å². The van der Waals surface area contributed by atoms with Crippen LogP contribution < -0.4 is 5.32 Å². The number of pyridine rings is 1. The maximum atomic E-state index is 13.0. The molecule has 0 unspecified atom stereocenters. The quantitative estimate of drug-likeness (QED) is 0.693. The summed E-state index contributed by atoms with van der Waals surface area (Å²) in [5.41, 5.74) is 3.07. The number of thiophene rings is 1. The fourth-order valence-electron chi connectivity index (χ4n) is 4.18. The Balaban J connectivity index is 1.53. The lowest BCUT2D eigenvalue weighted by Gasteiger charge is -2.36. The molecule has 0 saturated carbocycles. The van der Waals surface area contributed by atoms with Crippen LogP contribution in [0.4, 0.5) is 0 Å². The largest absolute Gasteiger partial charge is 0.350 e. The van der Waals surface area contributed by atoms with Gasteiger partial charge in [-0.1, -0.05) is 13.0 Å². The van der Waals surface area contributed by atoms with Crippen molar-refractivity contribution in [3.63, 3.8) is 0 Å². The molecule has 1 saturated heterocycles. The van der Waals surface area contributed by atoms with E-state index in [0.717, 1.165) is 41.4 Å². The Bertz CT molecular complexity index is 1000. The van der Waals surface area contributed by atoms with Gasteiger partial charge in [-0.3, -0.25) is 14.4 Å². The molecule has 0 spiro atoms. The van der Waals surface area contributed by atoms with Crippen molar-refractivity contribution in [2.75, 3.05) is 19.6 Å². The van der Waals surface area contributed by atoms with Gasteiger partial charge in [-0.2, -0.15) is 5.10 Å². The Kier molecular flexibility index (Phi) is 5.69. The molecule has 0 radical (unpaired) electrons. The summed E-state index contributed by atoms with van der Waals surface area (Å²) in [6, 6.07) is 6.42. The van der Waals surface area contributed by atoms with Gasteiger partial charge in [0.25, 0.3) is 5.91 Å². The molecule has 0 aliphatic carbocycles. The second kappa shape index (κ2) is 8.24. The number of piperidine rings is 1. The number of nitrogens with one attached hydrogen (secondary N) is 1. The molecule has 4 heterocycles. The fourth-order valence-corrected chi connectivity index (χ4v) is 5.04. The SMILES string of the molecule is Cc1nc2c(cc1C(=O)NC[C@@H](c1cccs1)N1CCC(C)CC1)c(C)nn2C. The van der Waals surface area contributed by atoms with Gasteiger partial charge in [-0.25, -0.2) is 4.98 Å². The number of fused-ring (bicyclic) bond motifs is 1. The molecule has 0 aromatic carbocycles. The van der Waals surface area contributed by atoms with E-state index >= 15 is 0 Å². The Labute approximate surface area is 175 Å². The second-order valence-electron chi connectivity index (χ2n) is 8.16. The number of likely N-dealkylation sites (tertiary alicyclic amines) is 1. The van der Waals surface area contributed by atoms with Gasteiger partial charge in [-0.05, 0) is 63.2 Å². The van der Waals surface area contributed by atoms with Crippen molar-refractivity contribution < 1.29 is 4.79 Å². The van der Waals surface area contributed by atoms with Crippen LogP contribution in [0, 0.1) is 19.8 Å². The van der Waals surface area contributed by atoms with Crippen LogP contribution in [-0.4, -0.2) is 45.2 Å². The number of aryl methyl sites for hydroxylation is 3. The lowest BCUT2D eigenvalue weighted by Crippen LogP contribution is -2.41. The smallest absolute Gasteiger partial charge is 0.253 e. The highest BCUT2D eigenvalue weighted by molar-refractivity contribution is 7.10. The Morgan fingerprint density at radius 3 is 2.76 bits per heavy atom. The molecule has 1 fully saturated rings. The summed E-state index contributed by atoms with van der Waals surface area (Å²) < 4.78 is 1.77. The summed E-state index contributed by atoms with van der Waals surface area (Å²) in [5, 5.41) is 10.7. The zero-order valence-corrected chi connectivity index (χ0v) is 18.4. The Hall–Kier alpha value is -2.25. The van der Waals surface area contributed by atoms with E-state index in [1.165, 1.54) is 17.7 Å². The van der Waals surface area contributed by atoms with E-state index in [2.05, 4.69) is 44.7 Å². The molecule has 1 aliphatic heterocycles. The van der Waals surface area contributed by atoms with Gasteiger partial charge in [0.2, 0.25) is 0 Å². The Morgan fingerprint density at radius 1 is 1.31 bits per heavy atom. The molecule has 3 aromatic heterocycles. The normalized spacial score (nSPS) is 17.0. The lowest BCUT2D eigenvalue weighted by molar-refractivity contribution is 0.0914. The van der Waals surface area contributed by atoms with Gasteiger partial charge in [0, 0.05) is 23.9 Å². The van der Waals surface area contributed by atoms with Crippen LogP contribution in [0.1, 0.15) is 52.4 Å². The van der Waals surface area contributed by atoms with Crippen molar-refractivity contribution in [1.82, 2.24) is 25.0 Å². The average Bonchev–Trinajstić information content (AvgIpc) is 3.31. The van der Waals surface area contributed by atoms with Gasteiger partial charge < -0.3 is 5.32 Å². The van der Waals surface area contributed by atoms with Crippen molar-refractivity contribution in [2.24, 2.45) is 13.0 Å². The predicted molar refractivity (Wildman–Crippen MR) is 117 cm³/mol. The molecule has 154 valence electrons. The minimum Gasteiger partial charge on any atom is -0.350 e. The molecule has 1 aliphatic rings. The molecule has 1 amide bonds. The highest BCUT2D eigenvalue weighted by atomic mass is 32.1. The van der Waals surface area contributed by atoms with Crippen molar-refractivity contribution in [3.8, 4) is 0 Å². The van der Waals surface area contributed by atoms with Crippen LogP contribution in [0.3, 0.4) is 0 Å². The van der Waals surface area contributed by atoms with Crippen LogP contribution in [0.15, 0.2) is 23.6 Å². The summed E-state index contributed by atoms with van der Waals surface area (Å²) in [7, 11) is 1.88. The number of carbonyl (C=O) groups excluding carboxylic acids is 1. The number of hydrogen-bond acceptors (Lipinski definition) is 5. The molecule has 0 bridgehead atoms. The third kappa shape index (κ3) is 4.07. The number of rotatable bonds is 5. The van der Waals surface area contributed by atoms with E-state index < -0.39 is 0 Å². The van der Waals surface area contributed by atoms with E-state index in [1.807, 2.05) is 27.0 Å². The first-order valence-corrected chi connectivity index (χ1v) is 11.2. The average molecular weight is 412 g/mol. The number of aromatic nitrogens is 3. The maximum Gasteiger partial charge on any atom is 0.253 e. The van der Waals surface area contributed by atoms with Crippen LogP contribution in [0.2, 0.25) is 0 Å². The molecule has 4 rings (SSSR count). The van der Waals surface area contributed by atoms with Crippen LogP contribution in [0.25, 0.3) is 11.0 Å². The Morgan fingerprint density at radius 2 is 2.07 bits per heavy atom. The topological polar surface area (TPSA) is 63.1 Å². The highest BCUT2D eigenvalue weighted by Crippen LogP contribution is 2.29. The van der Waals surface area contributed by atoms with Gasteiger partial charge in [0.05, 0.1) is 23.0 Å². The fraction of sp³-hybridized carbons (Fsp3) is 0.500. The van der Waals surface area contributed by atoms with E-state index in [9.17, 15) is 4.79 Å². The van der Waals surface area contributed by atoms with Crippen LogP contribution >= 0.6 is 11.3 Å². The molecule has 3 aromatic rings. The summed E-state index contributed by atoms with van der Waals surface area (Å²) in [6.07, 6.45) is 2.44. The van der Waals surface area contributed by atoms with Crippen molar-refractivity contribution in [1.29, 1.82) is 0 Å². The number of nitrogens with zero attached hydrogens (tertiary/aromatic N) is 4. The summed E-state index contributed by atoms with van der Waals surface area (Å²) in [6.45, 7) is 8.94. The van der Waals surface area contributed by atoms with Gasteiger partial charge >= 0.3 is 0 Å². The molecule has 1 N–H and O–H groups in total. The van der Waals surface area contributed by atoms with Crippen molar-refractivity contribution >= 4 is 28.3 Å². The maximum absolute atomic E-state index is 13.0. The van der Waals surface area contributed by atoms with Crippen molar-refractivity contribution in [2.45, 2.75) is 39.7 Å². The third-order valence-electron chi connectivity index (χ3n) is 6.02. The zero-order chi connectivity index (χ0) is 20.5. The van der Waals surface area contributed by atoms with E-state index in [1.54, 1.807) is 16.0 Å². The zero-order valence-electron chi connectivity index (χ0n) is 17.6. The minimum absolute atomic E-state index is 0.0629. The monoisotopic (exact) mass is 411 g/mol. The number of carbonyl (C=O) groups is 1. The number of amides is 1. The molecule has 1 atom stereocenters. The van der Waals surface area contributed by atoms with Crippen LogP contribution in [-0.2, 0) is 7.05 Å². The van der Waals surface area contributed by atoms with E-state index in [0.29, 0.717) is 12.1 Å². The summed E-state index contributed by atoms with van der Waals surface area (Å²) in [4.78, 5) is 21.5. The van der Waals surface area contributed by atoms with E-state index in [4.69, 9.17) is 0 Å². The molecule has 6 nitrogen and oxygen atoms in total. The number of hydrogen-bond donors (Lipinski definition) is 1. The first-order valence-electron chi connectivity index (χ1n) is 10.3.